The SMILES string of the molecule is Cc1ccc(C)c(COc2coc(CO)cc2=O)c1. The number of benzene rings is 1. The van der Waals surface area contributed by atoms with Crippen molar-refractivity contribution in [1.29, 1.82) is 0 Å². The van der Waals surface area contributed by atoms with Crippen LogP contribution in [0.1, 0.15) is 22.5 Å². The van der Waals surface area contributed by atoms with E-state index in [1.165, 1.54) is 12.3 Å². The first-order valence-corrected chi connectivity index (χ1v) is 6.01. The average Bonchev–Trinajstić information content (AvgIpc) is 2.40. The van der Waals surface area contributed by atoms with E-state index in [2.05, 4.69) is 0 Å². The fourth-order valence-corrected chi connectivity index (χ4v) is 1.74. The largest absolute Gasteiger partial charge is 0.482 e. The zero-order chi connectivity index (χ0) is 13.8. The Morgan fingerprint density at radius 2 is 2.05 bits per heavy atom. The molecule has 0 fully saturated rings. The van der Waals surface area contributed by atoms with Gasteiger partial charge in [-0.05, 0) is 25.0 Å². The summed E-state index contributed by atoms with van der Waals surface area (Å²) in [4.78, 5) is 11.7. The first-order chi connectivity index (χ1) is 9.10. The van der Waals surface area contributed by atoms with Gasteiger partial charge >= 0.3 is 0 Å². The Morgan fingerprint density at radius 1 is 1.26 bits per heavy atom. The maximum atomic E-state index is 11.7. The lowest BCUT2D eigenvalue weighted by molar-refractivity contribution is 0.236. The summed E-state index contributed by atoms with van der Waals surface area (Å²) in [5.41, 5.74) is 3.00. The summed E-state index contributed by atoms with van der Waals surface area (Å²) >= 11 is 0. The predicted octanol–water partition coefficient (Wildman–Crippen LogP) is 2.33. The summed E-state index contributed by atoms with van der Waals surface area (Å²) in [7, 11) is 0. The second-order valence-corrected chi connectivity index (χ2v) is 4.45. The van der Waals surface area contributed by atoms with E-state index in [0.717, 1.165) is 16.7 Å². The zero-order valence-electron chi connectivity index (χ0n) is 11.0. The van der Waals surface area contributed by atoms with E-state index < -0.39 is 0 Å². The lowest BCUT2D eigenvalue weighted by Crippen LogP contribution is -2.08. The van der Waals surface area contributed by atoms with Gasteiger partial charge in [0.1, 0.15) is 25.2 Å². The smallest absolute Gasteiger partial charge is 0.227 e. The first-order valence-electron chi connectivity index (χ1n) is 6.01. The van der Waals surface area contributed by atoms with Crippen LogP contribution in [-0.4, -0.2) is 5.11 Å². The number of hydrogen-bond acceptors (Lipinski definition) is 4. The van der Waals surface area contributed by atoms with E-state index in [-0.39, 0.29) is 23.5 Å². The Morgan fingerprint density at radius 3 is 2.74 bits per heavy atom. The standard InChI is InChI=1S/C15H16O4/c1-10-3-4-11(2)12(5-10)8-19-15-9-18-13(7-16)6-14(15)17/h3-6,9,16H,7-8H2,1-2H3. The highest BCUT2D eigenvalue weighted by Crippen LogP contribution is 2.14. The molecular weight excluding hydrogens is 244 g/mol. The van der Waals surface area contributed by atoms with Gasteiger partial charge < -0.3 is 14.3 Å². The molecule has 0 radical (unpaired) electrons. The van der Waals surface area contributed by atoms with Crippen LogP contribution < -0.4 is 10.2 Å². The number of hydrogen-bond donors (Lipinski definition) is 1. The minimum atomic E-state index is -0.299. The molecule has 1 N–H and O–H groups in total. The van der Waals surface area contributed by atoms with E-state index in [0.29, 0.717) is 6.61 Å². The van der Waals surface area contributed by atoms with Crippen molar-refractivity contribution in [3.8, 4) is 5.75 Å². The number of aliphatic hydroxyl groups excluding tert-OH is 1. The van der Waals surface area contributed by atoms with Gasteiger partial charge in [0.25, 0.3) is 0 Å². The summed E-state index contributed by atoms with van der Waals surface area (Å²) in [5.74, 6) is 0.377. The minimum absolute atomic E-state index is 0.151. The molecule has 0 saturated heterocycles. The third-order valence-electron chi connectivity index (χ3n) is 2.90. The molecule has 19 heavy (non-hydrogen) atoms. The Labute approximate surface area is 111 Å². The maximum absolute atomic E-state index is 11.7. The van der Waals surface area contributed by atoms with Crippen LogP contribution in [0.25, 0.3) is 0 Å². The predicted molar refractivity (Wildman–Crippen MR) is 71.1 cm³/mol. The monoisotopic (exact) mass is 260 g/mol. The maximum Gasteiger partial charge on any atom is 0.227 e. The van der Waals surface area contributed by atoms with Crippen LogP contribution in [0.5, 0.6) is 5.75 Å². The Kier molecular flexibility index (Phi) is 4.02. The molecule has 1 heterocycles. The van der Waals surface area contributed by atoms with Crippen LogP contribution in [0.3, 0.4) is 0 Å². The van der Waals surface area contributed by atoms with Crippen molar-refractivity contribution in [1.82, 2.24) is 0 Å². The quantitative estimate of drug-likeness (QED) is 0.916. The molecule has 0 bridgehead atoms. The second kappa shape index (κ2) is 5.71. The van der Waals surface area contributed by atoms with Crippen molar-refractivity contribution < 1.29 is 14.3 Å². The Bertz CT molecular complexity index is 628. The van der Waals surface area contributed by atoms with Gasteiger partial charge in [-0.15, -0.1) is 0 Å². The molecule has 0 amide bonds. The van der Waals surface area contributed by atoms with Gasteiger partial charge in [-0.1, -0.05) is 23.8 Å². The van der Waals surface area contributed by atoms with Crippen LogP contribution in [0, 0.1) is 13.8 Å². The van der Waals surface area contributed by atoms with E-state index >= 15 is 0 Å². The molecule has 0 saturated carbocycles. The van der Waals surface area contributed by atoms with Crippen molar-refractivity contribution in [3.05, 3.63) is 63.2 Å². The fraction of sp³-hybridized carbons (Fsp3) is 0.267. The molecule has 0 aliphatic rings. The third-order valence-corrected chi connectivity index (χ3v) is 2.90. The fourth-order valence-electron chi connectivity index (χ4n) is 1.74. The average molecular weight is 260 g/mol. The molecule has 4 nitrogen and oxygen atoms in total. The lowest BCUT2D eigenvalue weighted by Gasteiger charge is -2.09. The highest BCUT2D eigenvalue weighted by atomic mass is 16.5. The van der Waals surface area contributed by atoms with Gasteiger partial charge in [-0.3, -0.25) is 4.79 Å². The molecule has 0 aliphatic heterocycles. The molecule has 4 heteroatoms. The van der Waals surface area contributed by atoms with Crippen molar-refractivity contribution >= 4 is 0 Å². The molecule has 1 aromatic heterocycles. The molecular formula is C15H16O4. The van der Waals surface area contributed by atoms with Crippen molar-refractivity contribution in [2.45, 2.75) is 27.1 Å². The van der Waals surface area contributed by atoms with Crippen LogP contribution in [0.2, 0.25) is 0 Å². The van der Waals surface area contributed by atoms with E-state index in [1.54, 1.807) is 0 Å². The normalized spacial score (nSPS) is 10.5. The lowest BCUT2D eigenvalue weighted by atomic mass is 10.1. The topological polar surface area (TPSA) is 59.7 Å². The Hall–Kier alpha value is -2.07. The molecule has 0 unspecified atom stereocenters. The van der Waals surface area contributed by atoms with Crippen LogP contribution in [0.4, 0.5) is 0 Å². The molecule has 100 valence electrons. The number of aliphatic hydroxyl groups is 1. The van der Waals surface area contributed by atoms with Crippen molar-refractivity contribution in [2.75, 3.05) is 0 Å². The van der Waals surface area contributed by atoms with Gasteiger partial charge in [0, 0.05) is 6.07 Å². The number of aryl methyl sites for hydroxylation is 2. The van der Waals surface area contributed by atoms with Crippen LogP contribution in [-0.2, 0) is 13.2 Å². The molecule has 2 rings (SSSR count). The summed E-state index contributed by atoms with van der Waals surface area (Å²) in [5, 5.41) is 8.85. The summed E-state index contributed by atoms with van der Waals surface area (Å²) < 4.78 is 10.5. The van der Waals surface area contributed by atoms with Crippen molar-refractivity contribution in [3.63, 3.8) is 0 Å². The number of rotatable bonds is 4. The van der Waals surface area contributed by atoms with Gasteiger partial charge in [0.05, 0.1) is 0 Å². The highest BCUT2D eigenvalue weighted by molar-refractivity contribution is 5.30. The van der Waals surface area contributed by atoms with Gasteiger partial charge in [-0.2, -0.15) is 0 Å². The van der Waals surface area contributed by atoms with E-state index in [9.17, 15) is 4.79 Å². The van der Waals surface area contributed by atoms with Crippen LogP contribution >= 0.6 is 0 Å². The van der Waals surface area contributed by atoms with Gasteiger partial charge in [-0.25, -0.2) is 0 Å². The zero-order valence-corrected chi connectivity index (χ0v) is 11.0. The van der Waals surface area contributed by atoms with E-state index in [4.69, 9.17) is 14.3 Å². The van der Waals surface area contributed by atoms with Gasteiger partial charge in [0.2, 0.25) is 11.2 Å². The Balaban J connectivity index is 2.14. The molecule has 0 aliphatic carbocycles. The summed E-state index contributed by atoms with van der Waals surface area (Å²) in [6.45, 7) is 4.02. The number of ether oxygens (including phenoxy) is 1. The van der Waals surface area contributed by atoms with E-state index in [1.807, 2.05) is 32.0 Å². The summed E-state index contributed by atoms with van der Waals surface area (Å²) in [6.07, 6.45) is 1.24. The van der Waals surface area contributed by atoms with Crippen molar-refractivity contribution in [2.24, 2.45) is 0 Å². The molecule has 0 atom stereocenters. The first kappa shape index (κ1) is 13.4. The van der Waals surface area contributed by atoms with Gasteiger partial charge in [0.15, 0.2) is 0 Å². The molecule has 0 spiro atoms. The minimum Gasteiger partial charge on any atom is -0.482 e. The third kappa shape index (κ3) is 3.23. The molecule has 2 aromatic rings. The molecule has 1 aromatic carbocycles. The highest BCUT2D eigenvalue weighted by Gasteiger charge is 2.06. The summed E-state index contributed by atoms with van der Waals surface area (Å²) in [6, 6.07) is 7.31. The van der Waals surface area contributed by atoms with Crippen LogP contribution in [0.15, 0.2) is 39.7 Å². The second-order valence-electron chi connectivity index (χ2n) is 4.45.